The van der Waals surface area contributed by atoms with Gasteiger partial charge in [-0.1, -0.05) is 23.8 Å². The van der Waals surface area contributed by atoms with Crippen molar-refractivity contribution in [3.8, 4) is 11.5 Å². The fourth-order valence-corrected chi connectivity index (χ4v) is 3.57. The normalized spacial score (nSPS) is 14.8. The summed E-state index contributed by atoms with van der Waals surface area (Å²) >= 11 is 0. The molecule has 0 unspecified atom stereocenters. The molecule has 0 spiro atoms. The molecule has 164 valence electrons. The summed E-state index contributed by atoms with van der Waals surface area (Å²) in [5.74, 6) is 2.47. The second-order valence-electron chi connectivity index (χ2n) is 7.53. The summed E-state index contributed by atoms with van der Waals surface area (Å²) in [7, 11) is 1.79. The predicted octanol–water partition coefficient (Wildman–Crippen LogP) is 4.00. The number of hydrogen-bond donors (Lipinski definition) is 2. The van der Waals surface area contributed by atoms with E-state index in [1.165, 1.54) is 5.56 Å². The van der Waals surface area contributed by atoms with Crippen molar-refractivity contribution in [2.45, 2.75) is 32.4 Å². The van der Waals surface area contributed by atoms with Gasteiger partial charge in [-0.15, -0.1) is 24.0 Å². The molecule has 8 heteroatoms. The Hall–Kier alpha value is -2.62. The predicted molar refractivity (Wildman–Crippen MR) is 135 cm³/mol. The highest BCUT2D eigenvalue weighted by atomic mass is 127. The van der Waals surface area contributed by atoms with Gasteiger partial charge in [0.2, 0.25) is 5.89 Å². The Labute approximate surface area is 200 Å². The highest BCUT2D eigenvalue weighted by Crippen LogP contribution is 2.19. The molecule has 2 N–H and O–H groups in total. The van der Waals surface area contributed by atoms with Gasteiger partial charge in [-0.3, -0.25) is 4.99 Å². The number of guanidine groups is 1. The van der Waals surface area contributed by atoms with Crippen LogP contribution in [0.2, 0.25) is 0 Å². The molecule has 0 saturated carbocycles. The number of aliphatic imine (C=N–C) groups is 1. The molecule has 0 bridgehead atoms. The van der Waals surface area contributed by atoms with Crippen LogP contribution in [0.5, 0.6) is 0 Å². The second-order valence-corrected chi connectivity index (χ2v) is 7.53. The summed E-state index contributed by atoms with van der Waals surface area (Å²) in [6.07, 6.45) is 5.62. The van der Waals surface area contributed by atoms with E-state index in [0.717, 1.165) is 49.0 Å². The average Bonchev–Trinajstić information content (AvgIpc) is 3.27. The van der Waals surface area contributed by atoms with E-state index in [1.807, 2.05) is 30.5 Å². The largest absolute Gasteiger partial charge is 0.444 e. The van der Waals surface area contributed by atoms with Crippen molar-refractivity contribution < 1.29 is 4.42 Å². The van der Waals surface area contributed by atoms with Gasteiger partial charge < -0.3 is 20.0 Å². The lowest BCUT2D eigenvalue weighted by atomic mass is 10.1. The Morgan fingerprint density at radius 2 is 1.94 bits per heavy atom. The molecule has 1 aliphatic heterocycles. The van der Waals surface area contributed by atoms with Crippen LogP contribution in [0.4, 0.5) is 5.82 Å². The Bertz CT molecular complexity index is 965. The van der Waals surface area contributed by atoms with Crippen molar-refractivity contribution in [1.82, 2.24) is 20.6 Å². The zero-order valence-electron chi connectivity index (χ0n) is 17.9. The third-order valence-electron chi connectivity index (χ3n) is 5.32. The van der Waals surface area contributed by atoms with Gasteiger partial charge in [0.25, 0.3) is 0 Å². The maximum Gasteiger partial charge on any atom is 0.226 e. The zero-order valence-corrected chi connectivity index (χ0v) is 20.2. The van der Waals surface area contributed by atoms with Gasteiger partial charge in [0.15, 0.2) is 5.96 Å². The van der Waals surface area contributed by atoms with Crippen LogP contribution in [0.1, 0.15) is 24.1 Å². The molecule has 3 heterocycles. The number of piperidine rings is 1. The molecule has 0 radical (unpaired) electrons. The van der Waals surface area contributed by atoms with E-state index >= 15 is 0 Å². The van der Waals surface area contributed by atoms with E-state index in [4.69, 9.17) is 4.42 Å². The van der Waals surface area contributed by atoms with Gasteiger partial charge in [0, 0.05) is 37.9 Å². The van der Waals surface area contributed by atoms with Crippen molar-refractivity contribution in [3.63, 3.8) is 0 Å². The number of hydrogen-bond acceptors (Lipinski definition) is 5. The Balaban J connectivity index is 0.00000272. The van der Waals surface area contributed by atoms with Crippen LogP contribution >= 0.6 is 24.0 Å². The minimum atomic E-state index is 0. The van der Waals surface area contributed by atoms with Crippen LogP contribution in [-0.4, -0.2) is 42.1 Å². The maximum absolute atomic E-state index is 5.64. The second kappa shape index (κ2) is 11.1. The fourth-order valence-electron chi connectivity index (χ4n) is 3.57. The molecule has 7 nitrogen and oxygen atoms in total. The minimum Gasteiger partial charge on any atom is -0.444 e. The summed E-state index contributed by atoms with van der Waals surface area (Å²) in [6, 6.07) is 14.6. The van der Waals surface area contributed by atoms with E-state index in [2.05, 4.69) is 55.6 Å². The van der Waals surface area contributed by atoms with Crippen molar-refractivity contribution in [1.29, 1.82) is 0 Å². The molecule has 0 amide bonds. The molecule has 1 fully saturated rings. The summed E-state index contributed by atoms with van der Waals surface area (Å²) in [4.78, 5) is 15.7. The Kier molecular flexibility index (Phi) is 8.27. The summed E-state index contributed by atoms with van der Waals surface area (Å²) < 4.78 is 5.64. The molecule has 0 atom stereocenters. The molecule has 0 aliphatic carbocycles. The van der Waals surface area contributed by atoms with Crippen LogP contribution in [0.25, 0.3) is 11.5 Å². The third kappa shape index (κ3) is 6.19. The first-order chi connectivity index (χ1) is 14.7. The lowest BCUT2D eigenvalue weighted by Gasteiger charge is -2.33. The number of aromatic nitrogens is 2. The number of nitrogens with zero attached hydrogens (tertiary/aromatic N) is 4. The summed E-state index contributed by atoms with van der Waals surface area (Å²) in [5, 5.41) is 6.87. The van der Waals surface area contributed by atoms with Crippen molar-refractivity contribution in [2.24, 2.45) is 4.99 Å². The summed E-state index contributed by atoms with van der Waals surface area (Å²) in [5.41, 5.74) is 3.04. The van der Waals surface area contributed by atoms with Crippen LogP contribution in [0, 0.1) is 6.92 Å². The van der Waals surface area contributed by atoms with E-state index in [-0.39, 0.29) is 24.0 Å². The Morgan fingerprint density at radius 1 is 1.16 bits per heavy atom. The number of pyridine rings is 1. The average molecular weight is 532 g/mol. The van der Waals surface area contributed by atoms with Gasteiger partial charge in [0.05, 0.1) is 12.2 Å². The lowest BCUT2D eigenvalue weighted by Crippen LogP contribution is -2.48. The van der Waals surface area contributed by atoms with Crippen LogP contribution in [0.3, 0.4) is 0 Å². The van der Waals surface area contributed by atoms with E-state index < -0.39 is 0 Å². The topological polar surface area (TPSA) is 78.6 Å². The molecule has 31 heavy (non-hydrogen) atoms. The number of halogens is 1. The van der Waals surface area contributed by atoms with Crippen molar-refractivity contribution in [3.05, 3.63) is 66.2 Å². The zero-order chi connectivity index (χ0) is 20.8. The molecule has 1 aliphatic rings. The molecule has 4 rings (SSSR count). The van der Waals surface area contributed by atoms with Gasteiger partial charge >= 0.3 is 0 Å². The first-order valence-electron chi connectivity index (χ1n) is 10.4. The van der Waals surface area contributed by atoms with Crippen LogP contribution in [-0.2, 0) is 6.54 Å². The van der Waals surface area contributed by atoms with Gasteiger partial charge in [-0.25, -0.2) is 9.97 Å². The number of nitrogens with one attached hydrogen (secondary N) is 2. The lowest BCUT2D eigenvalue weighted by molar-refractivity contribution is 0.459. The van der Waals surface area contributed by atoms with Gasteiger partial charge in [0.1, 0.15) is 12.1 Å². The van der Waals surface area contributed by atoms with Gasteiger partial charge in [-0.05, 0) is 44.0 Å². The SMILES string of the molecule is CN=C(NCc1coc(-c2ccc(C)cc2)n1)NC1CCN(c2ccccn2)CC1.I. The maximum atomic E-state index is 5.64. The first-order valence-corrected chi connectivity index (χ1v) is 10.4. The van der Waals surface area contributed by atoms with Crippen molar-refractivity contribution in [2.75, 3.05) is 25.0 Å². The highest BCUT2D eigenvalue weighted by Gasteiger charge is 2.20. The smallest absolute Gasteiger partial charge is 0.226 e. The molecular formula is C23H29IN6O. The van der Waals surface area contributed by atoms with Crippen LogP contribution in [0.15, 0.2) is 64.3 Å². The number of benzene rings is 1. The summed E-state index contributed by atoms with van der Waals surface area (Å²) in [6.45, 7) is 4.58. The van der Waals surface area contributed by atoms with Gasteiger partial charge in [-0.2, -0.15) is 0 Å². The minimum absolute atomic E-state index is 0. The van der Waals surface area contributed by atoms with E-state index in [0.29, 0.717) is 18.5 Å². The highest BCUT2D eigenvalue weighted by molar-refractivity contribution is 14.0. The molecule has 3 aromatic rings. The van der Waals surface area contributed by atoms with Crippen LogP contribution < -0.4 is 15.5 Å². The fraction of sp³-hybridized carbons (Fsp3) is 0.348. The first kappa shape index (κ1) is 23.1. The quantitative estimate of drug-likeness (QED) is 0.294. The third-order valence-corrected chi connectivity index (χ3v) is 5.32. The number of aryl methyl sites for hydroxylation is 1. The number of oxazole rings is 1. The Morgan fingerprint density at radius 3 is 2.61 bits per heavy atom. The van der Waals surface area contributed by atoms with Crippen molar-refractivity contribution >= 4 is 35.8 Å². The standard InChI is InChI=1S/C23H28N6O.HI/c1-17-6-8-18(9-7-17)22-27-20(16-30-22)15-26-23(24-2)28-19-10-13-29(14-11-19)21-5-3-4-12-25-21;/h3-9,12,16,19H,10-11,13-15H2,1-2H3,(H2,24,26,28);1H. The number of rotatable bonds is 5. The molecule has 2 aromatic heterocycles. The monoisotopic (exact) mass is 532 g/mol. The molecule has 1 saturated heterocycles. The van der Waals surface area contributed by atoms with E-state index in [1.54, 1.807) is 13.3 Å². The van der Waals surface area contributed by atoms with E-state index in [9.17, 15) is 0 Å². The molecular weight excluding hydrogens is 503 g/mol. The number of anilines is 1. The molecule has 1 aromatic carbocycles.